The highest BCUT2D eigenvalue weighted by Gasteiger charge is 2.34. The summed E-state index contributed by atoms with van der Waals surface area (Å²) in [5.41, 5.74) is -0.115. The SMILES string of the molecule is CC1C[C@H](C)C(C)C(OC(C)(C)C)O1. The number of hydrogen-bond donors (Lipinski definition) is 0. The van der Waals surface area contributed by atoms with Gasteiger partial charge in [-0.15, -0.1) is 0 Å². The van der Waals surface area contributed by atoms with E-state index >= 15 is 0 Å². The minimum absolute atomic E-state index is 0.0336. The average Bonchev–Trinajstić information content (AvgIpc) is 1.96. The molecular weight excluding hydrogens is 176 g/mol. The van der Waals surface area contributed by atoms with Gasteiger partial charge in [0.1, 0.15) is 0 Å². The van der Waals surface area contributed by atoms with Crippen LogP contribution >= 0.6 is 0 Å². The maximum Gasteiger partial charge on any atom is 0.161 e. The Morgan fingerprint density at radius 3 is 2.21 bits per heavy atom. The highest BCUT2D eigenvalue weighted by atomic mass is 16.7. The van der Waals surface area contributed by atoms with Gasteiger partial charge in [0.05, 0.1) is 11.7 Å². The van der Waals surface area contributed by atoms with Gasteiger partial charge in [0.15, 0.2) is 6.29 Å². The summed E-state index contributed by atoms with van der Waals surface area (Å²) in [6.45, 7) is 12.9. The quantitative estimate of drug-likeness (QED) is 0.647. The molecule has 0 amide bonds. The maximum atomic E-state index is 5.91. The third-order valence-corrected chi connectivity index (χ3v) is 2.87. The van der Waals surface area contributed by atoms with E-state index in [2.05, 4.69) is 41.5 Å². The predicted molar refractivity (Wildman–Crippen MR) is 58.1 cm³/mol. The highest BCUT2D eigenvalue weighted by molar-refractivity contribution is 4.76. The molecule has 0 aliphatic carbocycles. The fourth-order valence-electron chi connectivity index (χ4n) is 1.90. The van der Waals surface area contributed by atoms with Gasteiger partial charge in [-0.05, 0) is 40.0 Å². The smallest absolute Gasteiger partial charge is 0.161 e. The summed E-state index contributed by atoms with van der Waals surface area (Å²) in [6, 6.07) is 0. The van der Waals surface area contributed by atoms with Crippen LogP contribution in [0.15, 0.2) is 0 Å². The predicted octanol–water partition coefficient (Wildman–Crippen LogP) is 3.21. The Bertz CT molecular complexity index is 183. The van der Waals surface area contributed by atoms with E-state index in [9.17, 15) is 0 Å². The summed E-state index contributed by atoms with van der Waals surface area (Å²) in [4.78, 5) is 0. The summed E-state index contributed by atoms with van der Waals surface area (Å²) >= 11 is 0. The van der Waals surface area contributed by atoms with Crippen molar-refractivity contribution in [2.24, 2.45) is 11.8 Å². The summed E-state index contributed by atoms with van der Waals surface area (Å²) in [5, 5.41) is 0. The van der Waals surface area contributed by atoms with Crippen LogP contribution < -0.4 is 0 Å². The first-order valence-electron chi connectivity index (χ1n) is 5.63. The van der Waals surface area contributed by atoms with Crippen molar-refractivity contribution in [2.75, 3.05) is 0 Å². The minimum atomic E-state index is -0.115. The maximum absolute atomic E-state index is 5.91. The van der Waals surface area contributed by atoms with E-state index in [4.69, 9.17) is 9.47 Å². The lowest BCUT2D eigenvalue weighted by atomic mass is 9.87. The van der Waals surface area contributed by atoms with Crippen molar-refractivity contribution in [3.63, 3.8) is 0 Å². The van der Waals surface area contributed by atoms with Crippen molar-refractivity contribution in [3.05, 3.63) is 0 Å². The molecule has 1 aliphatic rings. The fourth-order valence-corrected chi connectivity index (χ4v) is 1.90. The Hall–Kier alpha value is -0.0800. The van der Waals surface area contributed by atoms with Gasteiger partial charge in [-0.2, -0.15) is 0 Å². The van der Waals surface area contributed by atoms with Crippen LogP contribution in [0.2, 0.25) is 0 Å². The van der Waals surface area contributed by atoms with Crippen LogP contribution in [0.3, 0.4) is 0 Å². The molecule has 4 atom stereocenters. The van der Waals surface area contributed by atoms with Gasteiger partial charge in [0, 0.05) is 5.92 Å². The van der Waals surface area contributed by atoms with E-state index in [1.165, 1.54) is 0 Å². The number of rotatable bonds is 1. The molecule has 0 aromatic heterocycles. The van der Waals surface area contributed by atoms with E-state index in [1.54, 1.807) is 0 Å². The van der Waals surface area contributed by atoms with Gasteiger partial charge in [0.2, 0.25) is 0 Å². The van der Waals surface area contributed by atoms with Crippen LogP contribution in [0.1, 0.15) is 48.0 Å². The molecule has 84 valence electrons. The largest absolute Gasteiger partial charge is 0.349 e. The molecular formula is C12H24O2. The molecule has 1 saturated heterocycles. The normalized spacial score (nSPS) is 39.9. The molecule has 14 heavy (non-hydrogen) atoms. The standard InChI is InChI=1S/C12H24O2/c1-8-7-9(2)13-11(10(8)3)14-12(4,5)6/h8-11H,7H2,1-6H3/t8-,9?,10?,11?/m0/s1. The van der Waals surface area contributed by atoms with Gasteiger partial charge in [-0.3, -0.25) is 0 Å². The van der Waals surface area contributed by atoms with Crippen molar-refractivity contribution >= 4 is 0 Å². The zero-order valence-electron chi connectivity index (χ0n) is 10.3. The molecule has 1 aliphatic heterocycles. The molecule has 0 N–H and O–H groups in total. The highest BCUT2D eigenvalue weighted by Crippen LogP contribution is 2.32. The first-order chi connectivity index (χ1) is 6.29. The molecule has 0 spiro atoms. The van der Waals surface area contributed by atoms with E-state index in [1.807, 2.05) is 0 Å². The molecule has 0 bridgehead atoms. The zero-order valence-corrected chi connectivity index (χ0v) is 10.3. The topological polar surface area (TPSA) is 18.5 Å². The summed E-state index contributed by atoms with van der Waals surface area (Å²) < 4.78 is 11.7. The number of hydrogen-bond acceptors (Lipinski definition) is 2. The Morgan fingerprint density at radius 1 is 1.14 bits per heavy atom. The Labute approximate surface area is 88.0 Å². The first kappa shape index (κ1) is 12.0. The summed E-state index contributed by atoms with van der Waals surface area (Å²) in [7, 11) is 0. The zero-order chi connectivity index (χ0) is 10.9. The summed E-state index contributed by atoms with van der Waals surface area (Å²) in [5.74, 6) is 1.18. The lowest BCUT2D eigenvalue weighted by Gasteiger charge is -2.40. The molecule has 0 saturated carbocycles. The monoisotopic (exact) mass is 200 g/mol. The molecule has 0 radical (unpaired) electrons. The second kappa shape index (κ2) is 4.19. The second-order valence-electron chi connectivity index (χ2n) is 5.62. The van der Waals surface area contributed by atoms with Crippen LogP contribution in [-0.2, 0) is 9.47 Å². The van der Waals surface area contributed by atoms with Gasteiger partial charge in [0.25, 0.3) is 0 Å². The molecule has 2 nitrogen and oxygen atoms in total. The van der Waals surface area contributed by atoms with Crippen molar-refractivity contribution in [2.45, 2.75) is 66.0 Å². The molecule has 2 heteroatoms. The molecule has 1 rings (SSSR count). The Kier molecular flexibility index (Phi) is 3.59. The fraction of sp³-hybridized carbons (Fsp3) is 1.00. The first-order valence-corrected chi connectivity index (χ1v) is 5.63. The van der Waals surface area contributed by atoms with E-state index < -0.39 is 0 Å². The van der Waals surface area contributed by atoms with Crippen molar-refractivity contribution in [1.82, 2.24) is 0 Å². The lowest BCUT2D eigenvalue weighted by Crippen LogP contribution is -2.43. The van der Waals surface area contributed by atoms with E-state index in [-0.39, 0.29) is 11.9 Å². The average molecular weight is 200 g/mol. The molecule has 1 heterocycles. The summed E-state index contributed by atoms with van der Waals surface area (Å²) in [6.07, 6.45) is 1.44. The van der Waals surface area contributed by atoms with Crippen LogP contribution in [-0.4, -0.2) is 18.0 Å². The van der Waals surface area contributed by atoms with Crippen molar-refractivity contribution in [1.29, 1.82) is 0 Å². The Morgan fingerprint density at radius 2 is 1.71 bits per heavy atom. The number of ether oxygens (including phenoxy) is 2. The molecule has 0 aromatic carbocycles. The van der Waals surface area contributed by atoms with Crippen LogP contribution in [0.25, 0.3) is 0 Å². The van der Waals surface area contributed by atoms with E-state index in [0.29, 0.717) is 17.9 Å². The molecule has 0 aromatic rings. The van der Waals surface area contributed by atoms with Gasteiger partial charge in [-0.1, -0.05) is 13.8 Å². The van der Waals surface area contributed by atoms with Crippen LogP contribution in [0.5, 0.6) is 0 Å². The van der Waals surface area contributed by atoms with Crippen LogP contribution in [0, 0.1) is 11.8 Å². The minimum Gasteiger partial charge on any atom is -0.349 e. The third kappa shape index (κ3) is 3.25. The van der Waals surface area contributed by atoms with E-state index in [0.717, 1.165) is 6.42 Å². The van der Waals surface area contributed by atoms with Crippen molar-refractivity contribution < 1.29 is 9.47 Å². The van der Waals surface area contributed by atoms with Gasteiger partial charge in [-0.25, -0.2) is 0 Å². The molecule has 3 unspecified atom stereocenters. The van der Waals surface area contributed by atoms with Gasteiger partial charge < -0.3 is 9.47 Å². The lowest BCUT2D eigenvalue weighted by molar-refractivity contribution is -0.261. The van der Waals surface area contributed by atoms with Gasteiger partial charge >= 0.3 is 0 Å². The van der Waals surface area contributed by atoms with Crippen molar-refractivity contribution in [3.8, 4) is 0 Å². The van der Waals surface area contributed by atoms with Crippen LogP contribution in [0.4, 0.5) is 0 Å². The second-order valence-corrected chi connectivity index (χ2v) is 5.62. The Balaban J connectivity index is 2.58. The third-order valence-electron chi connectivity index (χ3n) is 2.87. The molecule has 1 fully saturated rings.